The van der Waals surface area contributed by atoms with Gasteiger partial charge in [0.15, 0.2) is 0 Å². The number of furan rings is 1. The van der Waals surface area contributed by atoms with Crippen LogP contribution in [0.25, 0.3) is 186 Å². The minimum Gasteiger partial charge on any atom is -0.456 e. The fourth-order valence-electron chi connectivity index (χ4n) is 21.3. The molecular weight excluding hydrogens is 1620 g/mol. The first-order valence-electron chi connectivity index (χ1n) is 45.6. The van der Waals surface area contributed by atoms with E-state index in [0.717, 1.165) is 78.6 Å². The number of hydrogen-bond acceptors (Lipinski definition) is 4. The molecule has 132 heavy (non-hydrogen) atoms. The maximum absolute atomic E-state index is 6.16. The van der Waals surface area contributed by atoms with Crippen LogP contribution in [0.2, 0.25) is 0 Å². The molecule has 0 N–H and O–H groups in total. The summed E-state index contributed by atoms with van der Waals surface area (Å²) in [6, 6.07) is 169. The molecule has 24 aromatic rings. The van der Waals surface area contributed by atoms with Gasteiger partial charge in [0.05, 0.1) is 22.1 Å². The molecule has 6 heteroatoms. The van der Waals surface area contributed by atoms with Crippen molar-refractivity contribution in [1.29, 1.82) is 0 Å². The van der Waals surface area contributed by atoms with Crippen molar-refractivity contribution in [3.8, 4) is 100 Å². The Morgan fingerprint density at radius 1 is 0.197 bits per heavy atom. The summed E-state index contributed by atoms with van der Waals surface area (Å²) < 4.78 is 13.6. The lowest BCUT2D eigenvalue weighted by Gasteiger charge is -2.28. The van der Waals surface area contributed by atoms with Gasteiger partial charge in [-0.1, -0.05) is 319 Å². The summed E-state index contributed by atoms with van der Waals surface area (Å²) >= 11 is 1.86. The van der Waals surface area contributed by atoms with Crippen LogP contribution in [0.15, 0.2) is 465 Å². The third kappa shape index (κ3) is 13.1. The summed E-state index contributed by atoms with van der Waals surface area (Å²) in [4.78, 5) is 4.82. The lowest BCUT2D eigenvalue weighted by molar-refractivity contribution is 0.660. The molecule has 0 spiro atoms. The van der Waals surface area contributed by atoms with Crippen LogP contribution in [0.5, 0.6) is 0 Å². The zero-order chi connectivity index (χ0) is 87.9. The molecule has 0 amide bonds. The van der Waals surface area contributed by atoms with Gasteiger partial charge in [0, 0.05) is 109 Å². The van der Waals surface area contributed by atoms with Crippen LogP contribution in [0.4, 0.5) is 34.1 Å². The molecule has 624 valence electrons. The Bertz CT molecular complexity index is 8140. The van der Waals surface area contributed by atoms with Crippen LogP contribution in [0.1, 0.15) is 49.9 Å². The van der Waals surface area contributed by atoms with E-state index in [2.05, 4.69) is 496 Å². The van der Waals surface area contributed by atoms with Gasteiger partial charge in [-0.3, -0.25) is 0 Å². The second kappa shape index (κ2) is 31.2. The molecular formula is C126H88N4OS. The molecule has 2 aliphatic carbocycles. The summed E-state index contributed by atoms with van der Waals surface area (Å²) in [5.74, 6) is 0. The number of fused-ring (bicyclic) bond motifs is 18. The molecule has 20 aromatic carbocycles. The predicted octanol–water partition coefficient (Wildman–Crippen LogP) is 35.4. The van der Waals surface area contributed by atoms with Crippen LogP contribution in [0.3, 0.4) is 0 Å². The third-order valence-corrected chi connectivity index (χ3v) is 29.2. The molecule has 2 aliphatic rings. The Balaban J connectivity index is 0.000000142. The molecule has 0 atom stereocenters. The number of rotatable bonds is 14. The molecule has 0 saturated heterocycles. The summed E-state index contributed by atoms with van der Waals surface area (Å²) in [5, 5.41) is 9.89. The normalized spacial score (nSPS) is 12.8. The first kappa shape index (κ1) is 77.9. The number of para-hydroxylation sites is 3. The minimum atomic E-state index is -0.120. The lowest BCUT2D eigenvalue weighted by Crippen LogP contribution is -2.16. The number of aromatic nitrogens is 2. The Morgan fingerprint density at radius 3 is 0.962 bits per heavy atom. The summed E-state index contributed by atoms with van der Waals surface area (Å²) in [5.41, 5.74) is 40.5. The van der Waals surface area contributed by atoms with E-state index in [1.54, 1.807) is 0 Å². The van der Waals surface area contributed by atoms with Gasteiger partial charge in [0.1, 0.15) is 11.2 Å². The second-order valence-corrected chi connectivity index (χ2v) is 37.4. The van der Waals surface area contributed by atoms with E-state index in [1.807, 2.05) is 23.5 Å². The largest absolute Gasteiger partial charge is 0.456 e. The van der Waals surface area contributed by atoms with E-state index in [0.29, 0.717) is 0 Å². The maximum Gasteiger partial charge on any atom is 0.135 e. The number of thiophene rings is 1. The monoisotopic (exact) mass is 1700 g/mol. The van der Waals surface area contributed by atoms with E-state index in [9.17, 15) is 0 Å². The van der Waals surface area contributed by atoms with E-state index in [4.69, 9.17) is 4.42 Å². The molecule has 26 rings (SSSR count). The third-order valence-electron chi connectivity index (χ3n) is 28.0. The highest BCUT2D eigenvalue weighted by molar-refractivity contribution is 7.25. The molecule has 0 fully saturated rings. The maximum atomic E-state index is 6.16. The van der Waals surface area contributed by atoms with Gasteiger partial charge < -0.3 is 23.4 Å². The number of hydrogen-bond donors (Lipinski definition) is 0. The topological polar surface area (TPSA) is 29.5 Å². The average Bonchev–Trinajstić information content (AvgIpc) is 1.58. The molecule has 0 radical (unpaired) electrons. The average molecular weight is 1710 g/mol. The van der Waals surface area contributed by atoms with Gasteiger partial charge in [-0.2, -0.15) is 0 Å². The Labute approximate surface area is 771 Å². The van der Waals surface area contributed by atoms with E-state index in [1.165, 1.54) is 164 Å². The summed E-state index contributed by atoms with van der Waals surface area (Å²) in [6.45, 7) is 9.42. The van der Waals surface area contributed by atoms with Crippen LogP contribution >= 0.6 is 11.3 Å². The van der Waals surface area contributed by atoms with Crippen molar-refractivity contribution in [2.75, 3.05) is 9.80 Å². The Hall–Kier alpha value is -16.4. The first-order valence-corrected chi connectivity index (χ1v) is 46.5. The van der Waals surface area contributed by atoms with Crippen molar-refractivity contribution >= 4 is 131 Å². The SMILES string of the molecule is CC1(C)c2ccccc2-c2ccc(N(c3ccc(-c4ccc5oc6ccccc6c5c4)cc3)c3ccc(-c4ccc5c(c4)c4ccccc4n5-c4ccc(-c5ccccc5)cc4)cc3)cc21.CC1(C)c2ccccc2-c2ccc(N(c3ccc(-c4ccc5sc6ccccc6c5c4)cc3)c3ccc(-c4ccc5c(c4)c4ccccc4n5-c4ccc(-c5ccccc5)cc4)cc3)cc21. The van der Waals surface area contributed by atoms with Crippen LogP contribution in [0, 0.1) is 0 Å². The van der Waals surface area contributed by atoms with Gasteiger partial charge in [-0.25, -0.2) is 0 Å². The number of anilines is 6. The van der Waals surface area contributed by atoms with Gasteiger partial charge >= 0.3 is 0 Å². The zero-order valence-corrected chi connectivity index (χ0v) is 74.3. The highest BCUT2D eigenvalue weighted by atomic mass is 32.1. The van der Waals surface area contributed by atoms with Crippen molar-refractivity contribution in [3.05, 3.63) is 483 Å². The Kier molecular flexibility index (Phi) is 18.4. The van der Waals surface area contributed by atoms with Crippen molar-refractivity contribution in [2.45, 2.75) is 38.5 Å². The second-order valence-electron chi connectivity index (χ2n) is 36.3. The van der Waals surface area contributed by atoms with Crippen molar-refractivity contribution in [3.63, 3.8) is 0 Å². The van der Waals surface area contributed by atoms with E-state index < -0.39 is 0 Å². The minimum absolute atomic E-state index is 0.112. The molecule has 0 saturated carbocycles. The number of benzene rings is 20. The zero-order valence-electron chi connectivity index (χ0n) is 73.5. The molecule has 0 aliphatic heterocycles. The lowest BCUT2D eigenvalue weighted by atomic mass is 9.82. The smallest absolute Gasteiger partial charge is 0.135 e. The standard InChI is InChI=1S/C63H44N2O.C63H44N2S/c2*1-63(2)57-17-9-6-14-51(57)52-35-34-50(40-58(52)63)64(48-30-24-44(25-31-48)46-27-37-62-56(39-46)54-16-8-11-19-61(54)66-62)47-28-22-43(23-29-47)45-26-36-60-55(38-45)53-15-7-10-18-59(53)65(60)49-32-20-42(21-33-49)41-12-4-3-5-13-41/h2*3-40H,1-2H3. The van der Waals surface area contributed by atoms with Crippen molar-refractivity contribution in [2.24, 2.45) is 0 Å². The summed E-state index contributed by atoms with van der Waals surface area (Å²) in [7, 11) is 0. The first-order chi connectivity index (χ1) is 64.9. The van der Waals surface area contributed by atoms with Crippen molar-refractivity contribution < 1.29 is 4.42 Å². The van der Waals surface area contributed by atoms with Gasteiger partial charge in [0.25, 0.3) is 0 Å². The van der Waals surface area contributed by atoms with Gasteiger partial charge in [0.2, 0.25) is 0 Å². The molecule has 5 nitrogen and oxygen atoms in total. The van der Waals surface area contributed by atoms with Crippen LogP contribution in [-0.4, -0.2) is 9.13 Å². The Morgan fingerprint density at radius 2 is 0.500 bits per heavy atom. The van der Waals surface area contributed by atoms with Crippen LogP contribution in [-0.2, 0) is 10.8 Å². The fourth-order valence-corrected chi connectivity index (χ4v) is 22.4. The number of nitrogens with zero attached hydrogens (tertiary/aromatic N) is 4. The summed E-state index contributed by atoms with van der Waals surface area (Å²) in [6.07, 6.45) is 0. The van der Waals surface area contributed by atoms with Gasteiger partial charge in [-0.15, -0.1) is 11.3 Å². The molecule has 0 bridgehead atoms. The highest BCUT2D eigenvalue weighted by Gasteiger charge is 2.38. The van der Waals surface area contributed by atoms with Crippen LogP contribution < -0.4 is 9.80 Å². The van der Waals surface area contributed by atoms with Crippen molar-refractivity contribution in [1.82, 2.24) is 9.13 Å². The highest BCUT2D eigenvalue weighted by Crippen LogP contribution is 2.54. The van der Waals surface area contributed by atoms with E-state index >= 15 is 0 Å². The molecule has 4 aromatic heterocycles. The molecule has 4 heterocycles. The fraction of sp³-hybridized carbons (Fsp3) is 0.0476. The predicted molar refractivity (Wildman–Crippen MR) is 559 cm³/mol. The quantitative estimate of drug-likeness (QED) is 0.109. The molecule has 0 unspecified atom stereocenters. The van der Waals surface area contributed by atoms with Gasteiger partial charge in [-0.05, 0) is 281 Å². The van der Waals surface area contributed by atoms with E-state index in [-0.39, 0.29) is 10.8 Å².